The molecule has 1 unspecified atom stereocenters. The molecule has 2 rings (SSSR count). The predicted molar refractivity (Wildman–Crippen MR) is 74.5 cm³/mol. The molecule has 0 spiro atoms. The van der Waals surface area contributed by atoms with Crippen LogP contribution in [0.2, 0.25) is 0 Å². The normalized spacial score (nSPS) is 19.9. The van der Waals surface area contributed by atoms with Gasteiger partial charge in [-0.3, -0.25) is 0 Å². The van der Waals surface area contributed by atoms with E-state index in [-0.39, 0.29) is 4.90 Å². The maximum Gasteiger partial charge on any atom is 0.244 e. The predicted octanol–water partition coefficient (Wildman–Crippen LogP) is 1.30. The van der Waals surface area contributed by atoms with Crippen LogP contribution in [0.25, 0.3) is 0 Å². The second kappa shape index (κ2) is 5.90. The van der Waals surface area contributed by atoms with Crippen LogP contribution in [0.1, 0.15) is 12.8 Å². The van der Waals surface area contributed by atoms with Gasteiger partial charge in [0, 0.05) is 25.0 Å². The zero-order valence-electron chi connectivity index (χ0n) is 10.2. The zero-order chi connectivity index (χ0) is 13.0. The number of rotatable bonds is 5. The van der Waals surface area contributed by atoms with Crippen molar-refractivity contribution >= 4 is 27.6 Å². The fraction of sp³-hybridized carbons (Fsp3) is 0.545. The second-order valence-corrected chi connectivity index (χ2v) is 7.23. The molecule has 100 valence electrons. The highest BCUT2D eigenvalue weighted by Gasteiger charge is 2.22. The van der Waals surface area contributed by atoms with Crippen molar-refractivity contribution in [2.24, 2.45) is 0 Å². The first-order chi connectivity index (χ1) is 8.63. The molecule has 1 saturated heterocycles. The lowest BCUT2D eigenvalue weighted by Crippen LogP contribution is -2.30. The largest absolute Gasteiger partial charge is 0.372 e. The van der Waals surface area contributed by atoms with E-state index in [2.05, 4.69) is 15.0 Å². The third-order valence-corrected chi connectivity index (χ3v) is 5.68. The standard InChI is InChI=1S/C11H17N3O2S2/c1-12-11-10(5-2-6-13-11)18(15,16)14-8-9-4-3-7-17-9/h2,5-6,9,14H,3-4,7-8H2,1H3,(H,12,13). The summed E-state index contributed by atoms with van der Waals surface area (Å²) in [4.78, 5) is 4.21. The number of nitrogens with one attached hydrogen (secondary N) is 2. The Labute approximate surface area is 112 Å². The highest BCUT2D eigenvalue weighted by atomic mass is 32.2. The maximum absolute atomic E-state index is 12.2. The van der Waals surface area contributed by atoms with E-state index in [1.807, 2.05) is 11.8 Å². The summed E-state index contributed by atoms with van der Waals surface area (Å²) in [6, 6.07) is 3.18. The summed E-state index contributed by atoms with van der Waals surface area (Å²) in [7, 11) is -1.82. The van der Waals surface area contributed by atoms with Gasteiger partial charge in [0.1, 0.15) is 10.7 Å². The third kappa shape index (κ3) is 3.15. The van der Waals surface area contributed by atoms with Crippen LogP contribution < -0.4 is 10.0 Å². The van der Waals surface area contributed by atoms with Crippen LogP contribution in [0, 0.1) is 0 Å². The molecule has 2 N–H and O–H groups in total. The van der Waals surface area contributed by atoms with Crippen molar-refractivity contribution in [2.75, 3.05) is 24.7 Å². The Hall–Kier alpha value is -0.790. The van der Waals surface area contributed by atoms with Gasteiger partial charge in [0.05, 0.1) is 0 Å². The number of nitrogens with zero attached hydrogens (tertiary/aromatic N) is 1. The molecule has 0 aliphatic carbocycles. The summed E-state index contributed by atoms with van der Waals surface area (Å²) >= 11 is 1.83. The van der Waals surface area contributed by atoms with Crippen molar-refractivity contribution in [1.82, 2.24) is 9.71 Å². The van der Waals surface area contributed by atoms with Crippen LogP contribution >= 0.6 is 11.8 Å². The van der Waals surface area contributed by atoms with Crippen LogP contribution in [0.5, 0.6) is 0 Å². The highest BCUT2D eigenvalue weighted by molar-refractivity contribution is 8.00. The lowest BCUT2D eigenvalue weighted by atomic mass is 10.2. The van der Waals surface area contributed by atoms with Gasteiger partial charge < -0.3 is 5.32 Å². The van der Waals surface area contributed by atoms with E-state index in [1.54, 1.807) is 25.4 Å². The molecule has 1 aromatic heterocycles. The van der Waals surface area contributed by atoms with Crippen molar-refractivity contribution in [2.45, 2.75) is 23.0 Å². The molecule has 0 saturated carbocycles. The smallest absolute Gasteiger partial charge is 0.244 e. The van der Waals surface area contributed by atoms with E-state index in [9.17, 15) is 8.42 Å². The minimum Gasteiger partial charge on any atom is -0.372 e. The first-order valence-electron chi connectivity index (χ1n) is 5.87. The third-order valence-electron chi connectivity index (χ3n) is 2.82. The minimum absolute atomic E-state index is 0.204. The Morgan fingerprint density at radius 1 is 1.56 bits per heavy atom. The Bertz CT molecular complexity index is 499. The van der Waals surface area contributed by atoms with Crippen LogP contribution in [-0.4, -0.2) is 38.0 Å². The number of hydrogen-bond donors (Lipinski definition) is 2. The Kier molecular flexibility index (Phi) is 4.47. The number of aromatic nitrogens is 1. The first kappa shape index (κ1) is 13.6. The average molecular weight is 287 g/mol. The van der Waals surface area contributed by atoms with E-state index < -0.39 is 10.0 Å². The van der Waals surface area contributed by atoms with Gasteiger partial charge in [0.25, 0.3) is 0 Å². The van der Waals surface area contributed by atoms with E-state index in [0.29, 0.717) is 17.6 Å². The lowest BCUT2D eigenvalue weighted by molar-refractivity contribution is 0.579. The van der Waals surface area contributed by atoms with Crippen molar-refractivity contribution in [3.63, 3.8) is 0 Å². The molecule has 0 aromatic carbocycles. The van der Waals surface area contributed by atoms with Crippen LogP contribution in [0.3, 0.4) is 0 Å². The molecule has 2 heterocycles. The molecular weight excluding hydrogens is 270 g/mol. The van der Waals surface area contributed by atoms with Gasteiger partial charge in [-0.25, -0.2) is 18.1 Å². The SMILES string of the molecule is CNc1ncccc1S(=O)(=O)NCC1CCCS1. The van der Waals surface area contributed by atoms with Crippen LogP contribution in [0.4, 0.5) is 5.82 Å². The van der Waals surface area contributed by atoms with Crippen LogP contribution in [-0.2, 0) is 10.0 Å². The van der Waals surface area contributed by atoms with Gasteiger partial charge in [0.2, 0.25) is 10.0 Å². The number of pyridine rings is 1. The van der Waals surface area contributed by atoms with Gasteiger partial charge in [-0.05, 0) is 30.7 Å². The van der Waals surface area contributed by atoms with Crippen molar-refractivity contribution in [1.29, 1.82) is 0 Å². The van der Waals surface area contributed by atoms with Crippen LogP contribution in [0.15, 0.2) is 23.2 Å². The molecule has 0 amide bonds. The Balaban J connectivity index is 2.09. The van der Waals surface area contributed by atoms with Gasteiger partial charge in [-0.15, -0.1) is 0 Å². The lowest BCUT2D eigenvalue weighted by Gasteiger charge is -2.12. The summed E-state index contributed by atoms with van der Waals surface area (Å²) in [5.41, 5.74) is 0. The molecule has 1 aliphatic rings. The zero-order valence-corrected chi connectivity index (χ0v) is 11.9. The Morgan fingerprint density at radius 3 is 3.06 bits per heavy atom. The van der Waals surface area contributed by atoms with Crippen molar-refractivity contribution in [3.8, 4) is 0 Å². The summed E-state index contributed by atoms with van der Waals surface area (Å²) in [5.74, 6) is 1.50. The van der Waals surface area contributed by atoms with Crippen molar-refractivity contribution < 1.29 is 8.42 Å². The molecule has 18 heavy (non-hydrogen) atoms. The number of sulfonamides is 1. The highest BCUT2D eigenvalue weighted by Crippen LogP contribution is 2.26. The van der Waals surface area contributed by atoms with E-state index >= 15 is 0 Å². The van der Waals surface area contributed by atoms with Crippen molar-refractivity contribution in [3.05, 3.63) is 18.3 Å². The minimum atomic E-state index is -3.48. The van der Waals surface area contributed by atoms with Gasteiger partial charge >= 0.3 is 0 Å². The van der Waals surface area contributed by atoms with E-state index in [1.165, 1.54) is 6.42 Å². The monoisotopic (exact) mass is 287 g/mol. The number of anilines is 1. The first-order valence-corrected chi connectivity index (χ1v) is 8.41. The van der Waals surface area contributed by atoms with Gasteiger partial charge in [-0.1, -0.05) is 0 Å². The quantitative estimate of drug-likeness (QED) is 0.854. The maximum atomic E-state index is 12.2. The molecule has 1 fully saturated rings. The fourth-order valence-electron chi connectivity index (χ4n) is 1.88. The molecule has 1 atom stereocenters. The number of thioether (sulfide) groups is 1. The molecule has 0 bridgehead atoms. The summed E-state index contributed by atoms with van der Waals surface area (Å²) in [6.07, 6.45) is 3.82. The molecular formula is C11H17N3O2S2. The van der Waals surface area contributed by atoms with Gasteiger partial charge in [-0.2, -0.15) is 11.8 Å². The number of hydrogen-bond acceptors (Lipinski definition) is 5. The Morgan fingerprint density at radius 2 is 2.39 bits per heavy atom. The van der Waals surface area contributed by atoms with E-state index in [0.717, 1.165) is 12.2 Å². The molecule has 5 nitrogen and oxygen atoms in total. The summed E-state index contributed by atoms with van der Waals surface area (Å²) in [5, 5.41) is 3.19. The van der Waals surface area contributed by atoms with Gasteiger partial charge in [0.15, 0.2) is 0 Å². The average Bonchev–Trinajstić information content (AvgIpc) is 2.89. The topological polar surface area (TPSA) is 71.1 Å². The molecule has 0 radical (unpaired) electrons. The molecule has 1 aliphatic heterocycles. The fourth-order valence-corrected chi connectivity index (χ4v) is 4.43. The second-order valence-electron chi connectivity index (χ2n) is 4.09. The summed E-state index contributed by atoms with van der Waals surface area (Å²) in [6.45, 7) is 0.491. The summed E-state index contributed by atoms with van der Waals surface area (Å²) < 4.78 is 27.0. The molecule has 7 heteroatoms. The molecule has 1 aromatic rings. The van der Waals surface area contributed by atoms with E-state index in [4.69, 9.17) is 0 Å².